The summed E-state index contributed by atoms with van der Waals surface area (Å²) in [4.78, 5) is 61.4. The van der Waals surface area contributed by atoms with Crippen LogP contribution in [0.4, 0.5) is 5.13 Å². The number of β-lactam (4-membered cyclic amide) rings is 1. The maximum atomic E-state index is 13.0. The number of esters is 2. The molecule has 13 nitrogen and oxygen atoms in total. The minimum absolute atomic E-state index is 0.00398. The topological polar surface area (TPSA) is 172 Å². The van der Waals surface area contributed by atoms with E-state index in [0.717, 1.165) is 11.3 Å². The van der Waals surface area contributed by atoms with Crippen molar-refractivity contribution in [2.75, 3.05) is 45.1 Å². The van der Waals surface area contributed by atoms with Crippen LogP contribution in [-0.4, -0.2) is 90.2 Å². The number of anilines is 1. The molecule has 2 aliphatic rings. The second-order valence-corrected chi connectivity index (χ2v) is 11.5. The normalized spacial score (nSPS) is 23.5. The molecule has 0 saturated carbocycles. The number of nitrogens with one attached hydrogen (secondary N) is 1. The lowest BCUT2D eigenvalue weighted by atomic mass is 9.88. The SMILES string of the molecule is CCON=C(C(=O)NC1C(=O)N2CC(COC)(C(=O)OCOC(=O)C(C)(C)C)CS[C@H]12)c1csc(N)n1. The zero-order valence-corrected chi connectivity index (χ0v) is 22.9. The Hall–Kier alpha value is -2.91. The van der Waals surface area contributed by atoms with Gasteiger partial charge in [-0.05, 0) is 27.7 Å². The third-order valence-electron chi connectivity index (χ3n) is 5.54. The Morgan fingerprint density at radius 2 is 2.05 bits per heavy atom. The molecule has 0 spiro atoms. The summed E-state index contributed by atoms with van der Waals surface area (Å²) in [7, 11) is 1.44. The van der Waals surface area contributed by atoms with Crippen molar-refractivity contribution in [1.29, 1.82) is 0 Å². The van der Waals surface area contributed by atoms with Crippen LogP contribution in [0.1, 0.15) is 33.4 Å². The van der Waals surface area contributed by atoms with Crippen LogP contribution < -0.4 is 11.1 Å². The maximum Gasteiger partial charge on any atom is 0.319 e. The van der Waals surface area contributed by atoms with E-state index in [1.165, 1.54) is 23.8 Å². The van der Waals surface area contributed by atoms with E-state index in [2.05, 4.69) is 15.5 Å². The maximum absolute atomic E-state index is 13.0. The molecule has 3 atom stereocenters. The first-order valence-electron chi connectivity index (χ1n) is 11.4. The standard InChI is InChI=1S/C22H31N5O8S2/c1-6-35-26-13(12-7-36-20(23)24-12)15(28)25-14-16(29)27-8-22(9-32-5,10-37-17(14)27)19(31)34-11-33-18(30)21(2,3)4/h7,14,17H,6,8-11H2,1-5H3,(H2,23,24)(H,25,28)/t14?,17-,22?/m1/s1. The number of nitrogens with two attached hydrogens (primary N) is 1. The number of fused-ring (bicyclic) bond motifs is 1. The number of aromatic nitrogens is 1. The Kier molecular flexibility index (Phi) is 9.02. The summed E-state index contributed by atoms with van der Waals surface area (Å²) in [6.07, 6.45) is 0. The molecule has 0 aliphatic carbocycles. The Labute approximate surface area is 222 Å². The Morgan fingerprint density at radius 3 is 2.65 bits per heavy atom. The predicted octanol–water partition coefficient (Wildman–Crippen LogP) is 0.589. The summed E-state index contributed by atoms with van der Waals surface area (Å²) in [5.41, 5.74) is 3.92. The van der Waals surface area contributed by atoms with E-state index in [9.17, 15) is 19.2 Å². The molecule has 2 saturated heterocycles. The highest BCUT2D eigenvalue weighted by Crippen LogP contribution is 2.43. The zero-order chi connectivity index (χ0) is 27.4. The van der Waals surface area contributed by atoms with Crippen molar-refractivity contribution in [2.45, 2.75) is 39.1 Å². The monoisotopic (exact) mass is 557 g/mol. The third kappa shape index (κ3) is 6.33. The Balaban J connectivity index is 1.64. The van der Waals surface area contributed by atoms with E-state index in [1.54, 1.807) is 33.1 Å². The molecule has 2 unspecified atom stereocenters. The number of nitrogen functional groups attached to an aromatic ring is 1. The number of oxime groups is 1. The highest BCUT2D eigenvalue weighted by molar-refractivity contribution is 8.00. The highest BCUT2D eigenvalue weighted by atomic mass is 32.2. The van der Waals surface area contributed by atoms with Gasteiger partial charge in [-0.15, -0.1) is 23.1 Å². The molecule has 3 N–H and O–H groups in total. The number of thioether (sulfide) groups is 1. The summed E-state index contributed by atoms with van der Waals surface area (Å²) in [5.74, 6) is -1.90. The molecule has 1 aromatic heterocycles. The molecule has 15 heteroatoms. The van der Waals surface area contributed by atoms with Crippen LogP contribution >= 0.6 is 23.1 Å². The average Bonchev–Trinajstić information content (AvgIpc) is 3.27. The minimum Gasteiger partial charge on any atom is -0.427 e. The zero-order valence-electron chi connectivity index (χ0n) is 21.3. The van der Waals surface area contributed by atoms with Crippen molar-refractivity contribution in [3.8, 4) is 0 Å². The van der Waals surface area contributed by atoms with Crippen molar-refractivity contribution < 1.29 is 38.2 Å². The molecule has 37 heavy (non-hydrogen) atoms. The first kappa shape index (κ1) is 28.7. The van der Waals surface area contributed by atoms with Crippen molar-refractivity contribution in [3.05, 3.63) is 11.1 Å². The number of ether oxygens (including phenoxy) is 3. The lowest BCUT2D eigenvalue weighted by Gasteiger charge is -2.53. The van der Waals surface area contributed by atoms with Gasteiger partial charge in [0.15, 0.2) is 10.8 Å². The van der Waals surface area contributed by atoms with Crippen molar-refractivity contribution in [1.82, 2.24) is 15.2 Å². The van der Waals surface area contributed by atoms with Gasteiger partial charge in [0.1, 0.15) is 29.1 Å². The second kappa shape index (κ2) is 11.6. The van der Waals surface area contributed by atoms with Gasteiger partial charge in [-0.3, -0.25) is 19.2 Å². The number of hydrogen-bond acceptors (Lipinski definition) is 13. The number of amides is 2. The number of methoxy groups -OCH3 is 1. The fraction of sp³-hybridized carbons (Fsp3) is 0.636. The first-order valence-corrected chi connectivity index (χ1v) is 13.3. The summed E-state index contributed by atoms with van der Waals surface area (Å²) < 4.78 is 15.5. The van der Waals surface area contributed by atoms with Crippen LogP contribution in [0.25, 0.3) is 0 Å². The molecule has 3 rings (SSSR count). The summed E-state index contributed by atoms with van der Waals surface area (Å²) in [5, 5.41) is 7.96. The van der Waals surface area contributed by atoms with Gasteiger partial charge in [0.2, 0.25) is 12.7 Å². The van der Waals surface area contributed by atoms with Crippen LogP contribution in [-0.2, 0) is 38.2 Å². The van der Waals surface area contributed by atoms with Gasteiger partial charge in [-0.2, -0.15) is 0 Å². The predicted molar refractivity (Wildman–Crippen MR) is 135 cm³/mol. The minimum atomic E-state index is -1.16. The first-order chi connectivity index (χ1) is 17.4. The van der Waals surface area contributed by atoms with E-state index in [1.807, 2.05) is 0 Å². The fourth-order valence-electron chi connectivity index (χ4n) is 3.62. The second-order valence-electron chi connectivity index (χ2n) is 9.49. The molecular formula is C22H31N5O8S2. The van der Waals surface area contributed by atoms with E-state index in [0.29, 0.717) is 0 Å². The van der Waals surface area contributed by atoms with Gasteiger partial charge in [0, 0.05) is 24.8 Å². The molecule has 2 aliphatic heterocycles. The van der Waals surface area contributed by atoms with Crippen LogP contribution in [0, 0.1) is 10.8 Å². The lowest BCUT2D eigenvalue weighted by molar-refractivity contribution is -0.183. The van der Waals surface area contributed by atoms with Crippen molar-refractivity contribution in [2.24, 2.45) is 16.0 Å². The summed E-state index contributed by atoms with van der Waals surface area (Å²) >= 11 is 2.46. The van der Waals surface area contributed by atoms with Gasteiger partial charge in [-0.1, -0.05) is 5.16 Å². The summed E-state index contributed by atoms with van der Waals surface area (Å²) in [6.45, 7) is 6.49. The van der Waals surface area contributed by atoms with Crippen molar-refractivity contribution in [3.63, 3.8) is 0 Å². The molecule has 1 aromatic rings. The van der Waals surface area contributed by atoms with E-state index in [4.69, 9.17) is 24.8 Å². The molecule has 0 radical (unpaired) electrons. The fourth-order valence-corrected chi connectivity index (χ4v) is 5.68. The van der Waals surface area contributed by atoms with E-state index in [-0.39, 0.29) is 48.0 Å². The van der Waals surface area contributed by atoms with E-state index >= 15 is 0 Å². The third-order valence-corrected chi connectivity index (χ3v) is 7.80. The lowest BCUT2D eigenvalue weighted by Crippen LogP contribution is -2.74. The van der Waals surface area contributed by atoms with Gasteiger partial charge < -0.3 is 35.0 Å². The van der Waals surface area contributed by atoms with Crippen LogP contribution in [0.5, 0.6) is 0 Å². The molecule has 2 amide bonds. The van der Waals surface area contributed by atoms with Gasteiger partial charge in [0.25, 0.3) is 5.91 Å². The number of rotatable bonds is 10. The molecule has 3 heterocycles. The summed E-state index contributed by atoms with van der Waals surface area (Å²) in [6, 6.07) is -0.829. The number of nitrogens with zero attached hydrogens (tertiary/aromatic N) is 3. The Bertz CT molecular complexity index is 1070. The molecular weight excluding hydrogens is 526 g/mol. The van der Waals surface area contributed by atoms with Gasteiger partial charge in [-0.25, -0.2) is 4.98 Å². The molecule has 204 valence electrons. The van der Waals surface area contributed by atoms with Gasteiger partial charge >= 0.3 is 11.9 Å². The smallest absolute Gasteiger partial charge is 0.319 e. The van der Waals surface area contributed by atoms with Crippen LogP contribution in [0.3, 0.4) is 0 Å². The average molecular weight is 558 g/mol. The largest absolute Gasteiger partial charge is 0.427 e. The number of carbonyl (C=O) groups is 4. The van der Waals surface area contributed by atoms with Gasteiger partial charge in [0.05, 0.1) is 12.0 Å². The van der Waals surface area contributed by atoms with Crippen LogP contribution in [0.2, 0.25) is 0 Å². The van der Waals surface area contributed by atoms with Crippen LogP contribution in [0.15, 0.2) is 10.5 Å². The number of hydrogen-bond donors (Lipinski definition) is 2. The Morgan fingerprint density at radius 1 is 1.32 bits per heavy atom. The molecule has 0 aromatic carbocycles. The van der Waals surface area contributed by atoms with E-state index < -0.39 is 46.9 Å². The number of thiazole rings is 1. The quantitative estimate of drug-likeness (QED) is 0.136. The number of carbonyl (C=O) groups excluding carboxylic acids is 4. The molecule has 2 fully saturated rings. The molecule has 0 bridgehead atoms. The highest BCUT2D eigenvalue weighted by Gasteiger charge is 2.58. The van der Waals surface area contributed by atoms with Crippen molar-refractivity contribution >= 4 is 57.7 Å².